The predicted octanol–water partition coefficient (Wildman–Crippen LogP) is 5.13. The molecule has 0 saturated heterocycles. The second-order valence-electron chi connectivity index (χ2n) is 4.51. The number of hydrogen-bond acceptors (Lipinski definition) is 1. The molecule has 0 N–H and O–H groups in total. The van der Waals surface area contributed by atoms with Crippen LogP contribution in [0.15, 0.2) is 42.5 Å². The normalized spacial score (nSPS) is 11.2. The molecule has 0 aliphatic rings. The van der Waals surface area contributed by atoms with Crippen LogP contribution in [0.2, 0.25) is 10.0 Å². The van der Waals surface area contributed by atoms with Gasteiger partial charge in [-0.25, -0.2) is 4.98 Å². The molecule has 0 aliphatic carbocycles. The highest BCUT2D eigenvalue weighted by Gasteiger charge is 2.10. The number of alkyl halides is 1. The molecule has 0 atom stereocenters. The highest BCUT2D eigenvalue weighted by atomic mass is 35.5. The first kappa shape index (κ1) is 13.7. The van der Waals surface area contributed by atoms with Gasteiger partial charge in [0.2, 0.25) is 0 Å². The fraction of sp³-hybridized carbons (Fsp3) is 0.133. The van der Waals surface area contributed by atoms with Crippen LogP contribution in [0.5, 0.6) is 0 Å². The van der Waals surface area contributed by atoms with Gasteiger partial charge in [0.1, 0.15) is 5.82 Å². The molecule has 2 aromatic carbocycles. The van der Waals surface area contributed by atoms with Crippen molar-refractivity contribution in [1.82, 2.24) is 9.55 Å². The largest absolute Gasteiger partial charge is 0.322 e. The van der Waals surface area contributed by atoms with Crippen LogP contribution in [-0.2, 0) is 12.4 Å². The standard InChI is InChI=1S/C15H11Cl3N2/c16-8-15-19-13-6-5-12(18)7-14(13)20(15)9-10-1-3-11(17)4-2-10/h1-7H,8-9H2. The van der Waals surface area contributed by atoms with E-state index in [1.165, 1.54) is 0 Å². The molecule has 0 unspecified atom stereocenters. The maximum Gasteiger partial charge on any atom is 0.125 e. The van der Waals surface area contributed by atoms with Crippen molar-refractivity contribution in [3.05, 3.63) is 63.9 Å². The smallest absolute Gasteiger partial charge is 0.125 e. The summed E-state index contributed by atoms with van der Waals surface area (Å²) >= 11 is 18.0. The lowest BCUT2D eigenvalue weighted by molar-refractivity contribution is 0.779. The lowest BCUT2D eigenvalue weighted by Crippen LogP contribution is -2.03. The van der Waals surface area contributed by atoms with E-state index in [1.54, 1.807) is 0 Å². The van der Waals surface area contributed by atoms with E-state index in [0.29, 0.717) is 17.4 Å². The van der Waals surface area contributed by atoms with E-state index < -0.39 is 0 Å². The fourth-order valence-corrected chi connectivity index (χ4v) is 2.69. The fourth-order valence-electron chi connectivity index (χ4n) is 2.20. The molecule has 2 nitrogen and oxygen atoms in total. The van der Waals surface area contributed by atoms with Crippen molar-refractivity contribution < 1.29 is 0 Å². The van der Waals surface area contributed by atoms with Crippen molar-refractivity contribution >= 4 is 45.8 Å². The van der Waals surface area contributed by atoms with Crippen LogP contribution >= 0.6 is 34.8 Å². The number of benzene rings is 2. The van der Waals surface area contributed by atoms with Gasteiger partial charge < -0.3 is 4.57 Å². The van der Waals surface area contributed by atoms with Crippen molar-refractivity contribution in [2.24, 2.45) is 0 Å². The number of aromatic nitrogens is 2. The van der Waals surface area contributed by atoms with E-state index in [4.69, 9.17) is 34.8 Å². The first-order valence-electron chi connectivity index (χ1n) is 6.12. The zero-order chi connectivity index (χ0) is 14.1. The van der Waals surface area contributed by atoms with Crippen molar-refractivity contribution in [1.29, 1.82) is 0 Å². The summed E-state index contributed by atoms with van der Waals surface area (Å²) in [6.45, 7) is 0.691. The van der Waals surface area contributed by atoms with E-state index >= 15 is 0 Å². The second kappa shape index (κ2) is 5.65. The Bertz CT molecular complexity index is 748. The van der Waals surface area contributed by atoms with Crippen LogP contribution in [0.4, 0.5) is 0 Å². The average molecular weight is 326 g/mol. The van der Waals surface area contributed by atoms with Gasteiger partial charge in [0.15, 0.2) is 0 Å². The lowest BCUT2D eigenvalue weighted by Gasteiger charge is -2.08. The van der Waals surface area contributed by atoms with Crippen LogP contribution in [0.3, 0.4) is 0 Å². The maximum absolute atomic E-state index is 6.08. The van der Waals surface area contributed by atoms with Crippen LogP contribution in [0, 0.1) is 0 Å². The van der Waals surface area contributed by atoms with Gasteiger partial charge in [-0.15, -0.1) is 11.6 Å². The summed E-state index contributed by atoms with van der Waals surface area (Å²) in [5, 5.41) is 1.42. The molecule has 20 heavy (non-hydrogen) atoms. The molecule has 3 aromatic rings. The third-order valence-electron chi connectivity index (χ3n) is 3.16. The van der Waals surface area contributed by atoms with Crippen molar-refractivity contribution in [2.75, 3.05) is 0 Å². The Hall–Kier alpha value is -1.22. The number of nitrogens with zero attached hydrogens (tertiary/aromatic N) is 2. The number of imidazole rings is 1. The Morgan fingerprint density at radius 1 is 0.950 bits per heavy atom. The van der Waals surface area contributed by atoms with Crippen molar-refractivity contribution in [3.63, 3.8) is 0 Å². The van der Waals surface area contributed by atoms with E-state index in [1.807, 2.05) is 42.5 Å². The van der Waals surface area contributed by atoms with Gasteiger partial charge in [-0.3, -0.25) is 0 Å². The highest BCUT2D eigenvalue weighted by Crippen LogP contribution is 2.23. The minimum absolute atomic E-state index is 0.361. The summed E-state index contributed by atoms with van der Waals surface area (Å²) in [6.07, 6.45) is 0. The van der Waals surface area contributed by atoms with Gasteiger partial charge in [0.25, 0.3) is 0 Å². The van der Waals surface area contributed by atoms with E-state index in [-0.39, 0.29) is 0 Å². The summed E-state index contributed by atoms with van der Waals surface area (Å²) in [6, 6.07) is 13.4. The molecule has 0 bridgehead atoms. The van der Waals surface area contributed by atoms with Gasteiger partial charge in [0, 0.05) is 16.6 Å². The molecule has 0 amide bonds. The topological polar surface area (TPSA) is 17.8 Å². The zero-order valence-corrected chi connectivity index (χ0v) is 12.8. The predicted molar refractivity (Wildman–Crippen MR) is 84.9 cm³/mol. The Kier molecular flexibility index (Phi) is 3.88. The summed E-state index contributed by atoms with van der Waals surface area (Å²) in [7, 11) is 0. The Morgan fingerprint density at radius 2 is 1.65 bits per heavy atom. The maximum atomic E-state index is 6.08. The molecule has 0 spiro atoms. The third kappa shape index (κ3) is 2.64. The molecular weight excluding hydrogens is 315 g/mol. The Balaban J connectivity index is 2.08. The average Bonchev–Trinajstić information content (AvgIpc) is 2.79. The molecule has 0 saturated carbocycles. The third-order valence-corrected chi connectivity index (χ3v) is 3.89. The molecule has 1 aromatic heterocycles. The van der Waals surface area contributed by atoms with Gasteiger partial charge in [-0.1, -0.05) is 35.3 Å². The van der Waals surface area contributed by atoms with E-state index in [2.05, 4.69) is 9.55 Å². The summed E-state index contributed by atoms with van der Waals surface area (Å²) in [5.74, 6) is 1.19. The summed E-state index contributed by atoms with van der Waals surface area (Å²) < 4.78 is 2.08. The highest BCUT2D eigenvalue weighted by molar-refractivity contribution is 6.31. The van der Waals surface area contributed by atoms with Crippen LogP contribution in [0.25, 0.3) is 11.0 Å². The number of fused-ring (bicyclic) bond motifs is 1. The van der Waals surface area contributed by atoms with Crippen LogP contribution in [0.1, 0.15) is 11.4 Å². The zero-order valence-electron chi connectivity index (χ0n) is 10.5. The van der Waals surface area contributed by atoms with Crippen LogP contribution < -0.4 is 0 Å². The second-order valence-corrected chi connectivity index (χ2v) is 5.65. The Morgan fingerprint density at radius 3 is 2.35 bits per heavy atom. The molecule has 0 fully saturated rings. The van der Waals surface area contributed by atoms with Gasteiger partial charge in [-0.05, 0) is 35.9 Å². The van der Waals surface area contributed by atoms with Crippen molar-refractivity contribution in [3.8, 4) is 0 Å². The minimum Gasteiger partial charge on any atom is -0.322 e. The van der Waals surface area contributed by atoms with Gasteiger partial charge in [0.05, 0.1) is 16.9 Å². The SMILES string of the molecule is ClCc1nc2ccc(Cl)cc2n1Cc1ccc(Cl)cc1. The minimum atomic E-state index is 0.361. The molecular formula is C15H11Cl3N2. The van der Waals surface area contributed by atoms with Crippen molar-refractivity contribution in [2.45, 2.75) is 12.4 Å². The lowest BCUT2D eigenvalue weighted by atomic mass is 10.2. The number of halogens is 3. The number of rotatable bonds is 3. The molecule has 0 radical (unpaired) electrons. The molecule has 102 valence electrons. The molecule has 3 rings (SSSR count). The molecule has 5 heteroatoms. The Labute approximate surface area is 131 Å². The van der Waals surface area contributed by atoms with Gasteiger partial charge >= 0.3 is 0 Å². The van der Waals surface area contributed by atoms with E-state index in [9.17, 15) is 0 Å². The van der Waals surface area contributed by atoms with Gasteiger partial charge in [-0.2, -0.15) is 0 Å². The number of hydrogen-bond donors (Lipinski definition) is 0. The van der Waals surface area contributed by atoms with Crippen LogP contribution in [-0.4, -0.2) is 9.55 Å². The molecule has 1 heterocycles. The monoisotopic (exact) mass is 324 g/mol. The molecule has 0 aliphatic heterocycles. The first-order valence-corrected chi connectivity index (χ1v) is 7.41. The quantitative estimate of drug-likeness (QED) is 0.610. The summed E-state index contributed by atoms with van der Waals surface area (Å²) in [4.78, 5) is 4.53. The van der Waals surface area contributed by atoms with E-state index in [0.717, 1.165) is 27.4 Å². The summed E-state index contributed by atoms with van der Waals surface area (Å²) in [5.41, 5.74) is 3.03. The first-order chi connectivity index (χ1) is 9.67.